The van der Waals surface area contributed by atoms with Crippen LogP contribution in [0.4, 0.5) is 0 Å². The Morgan fingerprint density at radius 3 is 2.45 bits per heavy atom. The molecular formula is C27H36N6O8S. The van der Waals surface area contributed by atoms with E-state index >= 15 is 0 Å². The highest BCUT2D eigenvalue weighted by Crippen LogP contribution is 2.40. The Morgan fingerprint density at radius 1 is 1.12 bits per heavy atom. The van der Waals surface area contributed by atoms with Crippen molar-refractivity contribution in [3.05, 3.63) is 41.9 Å². The van der Waals surface area contributed by atoms with Crippen molar-refractivity contribution in [1.82, 2.24) is 24.9 Å². The number of pyridine rings is 1. The van der Waals surface area contributed by atoms with Gasteiger partial charge in [-0.3, -0.25) is 33.9 Å². The van der Waals surface area contributed by atoms with E-state index < -0.39 is 47.2 Å². The Bertz CT molecular complexity index is 1230. The van der Waals surface area contributed by atoms with Crippen LogP contribution in [0, 0.1) is 0 Å². The molecule has 3 atom stereocenters. The molecule has 3 aliphatic rings. The Balaban J connectivity index is 1.43. The van der Waals surface area contributed by atoms with Crippen molar-refractivity contribution in [3.63, 3.8) is 0 Å². The number of rotatable bonds is 10. The summed E-state index contributed by atoms with van der Waals surface area (Å²) in [5.41, 5.74) is 0.357. The first-order valence-electron chi connectivity index (χ1n) is 13.6. The van der Waals surface area contributed by atoms with E-state index in [-0.39, 0.29) is 25.2 Å². The number of carbonyl (C=O) groups excluding carboxylic acids is 4. The number of β-lactam (4-membered cyclic amide) rings is 1. The molecular weight excluding hydrogens is 568 g/mol. The lowest BCUT2D eigenvalue weighted by molar-refractivity contribution is -0.689. The van der Waals surface area contributed by atoms with Gasteiger partial charge in [-0.2, -0.15) is 0 Å². The number of likely N-dealkylation sites (N-methyl/N-ethyl adjacent to an activating group) is 1. The Hall–Kier alpha value is -3.53. The quantitative estimate of drug-likeness (QED) is 0.158. The lowest BCUT2D eigenvalue weighted by Gasteiger charge is -2.50. The van der Waals surface area contributed by atoms with Gasteiger partial charge in [-0.25, -0.2) is 4.57 Å². The van der Waals surface area contributed by atoms with Crippen LogP contribution in [0.15, 0.2) is 41.9 Å². The number of esters is 1. The number of nitrogens with zero attached hydrogens (tertiary/aromatic N) is 5. The van der Waals surface area contributed by atoms with Gasteiger partial charge >= 0.3 is 11.9 Å². The molecule has 4 heterocycles. The molecule has 2 amide bonds. The van der Waals surface area contributed by atoms with Crippen LogP contribution in [-0.2, 0) is 35.3 Å². The second-order valence-corrected chi connectivity index (χ2v) is 11.6. The zero-order valence-electron chi connectivity index (χ0n) is 23.6. The summed E-state index contributed by atoms with van der Waals surface area (Å²) in [5.74, 6) is -3.79. The number of aromatic nitrogens is 1. The van der Waals surface area contributed by atoms with E-state index in [2.05, 4.69) is 5.32 Å². The third-order valence-electron chi connectivity index (χ3n) is 7.63. The Kier molecular flexibility index (Phi) is 10.5. The summed E-state index contributed by atoms with van der Waals surface area (Å²) in [6, 6.07) is 3.58. The van der Waals surface area contributed by atoms with E-state index in [4.69, 9.17) is 4.74 Å². The van der Waals surface area contributed by atoms with Crippen LogP contribution in [0.1, 0.15) is 6.42 Å². The summed E-state index contributed by atoms with van der Waals surface area (Å²) in [5, 5.41) is 23.4. The number of nitrogens with one attached hydrogen (secondary N) is 1. The maximum Gasteiger partial charge on any atom is 0.323 e. The van der Waals surface area contributed by atoms with Gasteiger partial charge in [-0.1, -0.05) is 6.07 Å². The largest absolute Gasteiger partial charge is 0.543 e. The fourth-order valence-electron chi connectivity index (χ4n) is 5.34. The van der Waals surface area contributed by atoms with Crippen molar-refractivity contribution in [1.29, 1.82) is 0 Å². The van der Waals surface area contributed by atoms with Crippen LogP contribution in [0.25, 0.3) is 0 Å². The zero-order chi connectivity index (χ0) is 30.4. The molecule has 0 aliphatic carbocycles. The fourth-order valence-corrected chi connectivity index (χ4v) is 6.67. The molecule has 15 heteroatoms. The summed E-state index contributed by atoms with van der Waals surface area (Å²) in [4.78, 5) is 69.2. The van der Waals surface area contributed by atoms with Crippen LogP contribution >= 0.6 is 11.8 Å². The molecule has 4 rings (SSSR count). The summed E-state index contributed by atoms with van der Waals surface area (Å²) in [6.07, 6.45) is 3.31. The van der Waals surface area contributed by atoms with Crippen LogP contribution in [-0.4, -0.2) is 138 Å². The summed E-state index contributed by atoms with van der Waals surface area (Å²) in [7, 11) is 3.13. The normalized spacial score (nSPS) is 23.1. The van der Waals surface area contributed by atoms with E-state index in [1.807, 2.05) is 30.1 Å². The molecule has 2 saturated heterocycles. The van der Waals surface area contributed by atoms with E-state index in [1.54, 1.807) is 26.8 Å². The molecule has 0 spiro atoms. The van der Waals surface area contributed by atoms with Crippen LogP contribution in [0.5, 0.6) is 0 Å². The second-order valence-electron chi connectivity index (χ2n) is 10.5. The van der Waals surface area contributed by atoms with Gasteiger partial charge in [0.2, 0.25) is 5.91 Å². The molecule has 42 heavy (non-hydrogen) atoms. The minimum Gasteiger partial charge on any atom is -0.543 e. The number of methoxy groups -OCH3 is 1. The van der Waals surface area contributed by atoms with Gasteiger partial charge in [0.1, 0.15) is 17.5 Å². The lowest BCUT2D eigenvalue weighted by Crippen LogP contribution is -2.71. The van der Waals surface area contributed by atoms with Crippen molar-refractivity contribution in [2.75, 3.05) is 65.7 Å². The number of carbonyl (C=O) groups is 5. The number of carboxylic acids is 2. The summed E-state index contributed by atoms with van der Waals surface area (Å²) < 4.78 is 6.81. The first-order chi connectivity index (χ1) is 20.1. The lowest BCUT2D eigenvalue weighted by atomic mass is 10.0. The summed E-state index contributed by atoms with van der Waals surface area (Å²) in [6.45, 7) is 3.09. The van der Waals surface area contributed by atoms with Gasteiger partial charge in [0.25, 0.3) is 5.91 Å². The molecule has 3 unspecified atom stereocenters. The molecule has 1 aromatic heterocycles. The number of hydrogen-bond donors (Lipinski definition) is 2. The molecule has 3 aliphatic heterocycles. The number of hydrogen-bond acceptors (Lipinski definition) is 11. The van der Waals surface area contributed by atoms with Crippen LogP contribution in [0.2, 0.25) is 0 Å². The average Bonchev–Trinajstić information content (AvgIpc) is 3.05. The third-order valence-corrected chi connectivity index (χ3v) is 8.97. The molecule has 1 aromatic rings. The number of thioether (sulfide) groups is 1. The van der Waals surface area contributed by atoms with E-state index in [9.17, 15) is 34.2 Å². The summed E-state index contributed by atoms with van der Waals surface area (Å²) >= 11 is 1.35. The van der Waals surface area contributed by atoms with Crippen molar-refractivity contribution >= 4 is 41.5 Å². The SMILES string of the molecule is COC(=O)C(CC(=O)NC1C(=O)N2C(C(=O)[O-])=C(C[n+]3ccccc3)CSC12)N1CCN(C)CCN(CC(=O)O)CC1. The molecule has 2 N–H and O–H groups in total. The van der Waals surface area contributed by atoms with Gasteiger partial charge in [0, 0.05) is 62.7 Å². The maximum absolute atomic E-state index is 13.2. The van der Waals surface area contributed by atoms with Gasteiger partial charge in [-0.15, -0.1) is 11.8 Å². The third kappa shape index (κ3) is 7.45. The zero-order valence-corrected chi connectivity index (χ0v) is 24.5. The standard InChI is InChI=1S/C27H36N6O8S/c1-29-8-10-31(16-21(35)36)11-13-32(12-9-29)19(27(40)41-2)14-20(34)28-22-24(37)33-23(26(38)39)18(17-42-25(22)33)15-30-6-4-3-5-7-30/h3-7,19,22,25H,8-17H2,1-2H3,(H2-,28,34,35,36,38,39). The van der Waals surface area contributed by atoms with Crippen molar-refractivity contribution < 1.29 is 43.5 Å². The fraction of sp³-hybridized carbons (Fsp3) is 0.556. The molecule has 0 bridgehead atoms. The van der Waals surface area contributed by atoms with Crippen molar-refractivity contribution in [2.24, 2.45) is 0 Å². The first kappa shape index (κ1) is 31.4. The van der Waals surface area contributed by atoms with Gasteiger partial charge < -0.3 is 30.0 Å². The van der Waals surface area contributed by atoms with Crippen LogP contribution < -0.4 is 15.0 Å². The molecule has 14 nitrogen and oxygen atoms in total. The monoisotopic (exact) mass is 604 g/mol. The maximum atomic E-state index is 13.2. The smallest absolute Gasteiger partial charge is 0.323 e. The highest BCUT2D eigenvalue weighted by atomic mass is 32.2. The molecule has 0 aromatic carbocycles. The van der Waals surface area contributed by atoms with E-state index in [0.717, 1.165) is 0 Å². The van der Waals surface area contributed by atoms with Gasteiger partial charge in [-0.05, 0) is 7.05 Å². The van der Waals surface area contributed by atoms with Crippen LogP contribution in [0.3, 0.4) is 0 Å². The first-order valence-corrected chi connectivity index (χ1v) is 14.7. The number of fused-ring (bicyclic) bond motifs is 1. The minimum absolute atomic E-state index is 0.140. The van der Waals surface area contributed by atoms with Crippen molar-refractivity contribution in [2.45, 2.75) is 30.4 Å². The number of amides is 2. The highest BCUT2D eigenvalue weighted by Gasteiger charge is 2.53. The Labute approximate surface area is 247 Å². The van der Waals surface area contributed by atoms with Gasteiger partial charge in [0.05, 0.1) is 31.7 Å². The van der Waals surface area contributed by atoms with Crippen molar-refractivity contribution in [3.8, 4) is 0 Å². The Morgan fingerprint density at radius 2 is 1.79 bits per heavy atom. The van der Waals surface area contributed by atoms with Gasteiger partial charge in [0.15, 0.2) is 18.9 Å². The molecule has 0 radical (unpaired) electrons. The molecule has 2 fully saturated rings. The highest BCUT2D eigenvalue weighted by molar-refractivity contribution is 8.00. The average molecular weight is 605 g/mol. The molecule has 228 valence electrons. The predicted molar refractivity (Wildman–Crippen MR) is 147 cm³/mol. The second kappa shape index (κ2) is 14.1. The number of carboxylic acid groups (broad SMARTS) is 2. The predicted octanol–water partition coefficient (Wildman–Crippen LogP) is -3.06. The van der Waals surface area contributed by atoms with E-state index in [1.165, 1.54) is 23.8 Å². The molecule has 0 saturated carbocycles. The topological polar surface area (TPSA) is 167 Å². The van der Waals surface area contributed by atoms with E-state index in [0.29, 0.717) is 50.6 Å². The number of aliphatic carboxylic acids is 2. The minimum atomic E-state index is -1.45. The number of ether oxygens (including phenoxy) is 1.